The fraction of sp³-hybridized carbons (Fsp3) is 1.00. The molecule has 0 aliphatic rings. The van der Waals surface area contributed by atoms with E-state index in [0.717, 1.165) is 44.5 Å². The van der Waals surface area contributed by atoms with Crippen molar-refractivity contribution in [3.8, 4) is 0 Å². The Morgan fingerprint density at radius 1 is 1.20 bits per heavy atom. The molecule has 3 N–H and O–H groups in total. The van der Waals surface area contributed by atoms with E-state index in [0.29, 0.717) is 0 Å². The van der Waals surface area contributed by atoms with Gasteiger partial charge in [0.05, 0.1) is 6.61 Å². The number of rotatable bonds is 10. The zero-order chi connectivity index (χ0) is 11.5. The molecule has 0 saturated carbocycles. The highest BCUT2D eigenvalue weighted by atomic mass is 16.5. The minimum Gasteiger partial charge on any atom is -0.383 e. The van der Waals surface area contributed by atoms with Crippen molar-refractivity contribution < 1.29 is 4.74 Å². The number of ether oxygens (including phenoxy) is 1. The molecule has 0 aliphatic heterocycles. The van der Waals surface area contributed by atoms with Crippen LogP contribution in [0.15, 0.2) is 0 Å². The molecular formula is C12H28N2O. The van der Waals surface area contributed by atoms with Gasteiger partial charge in [0, 0.05) is 13.7 Å². The Bertz CT molecular complexity index is 129. The third-order valence-electron chi connectivity index (χ3n) is 2.89. The molecule has 0 aromatic heterocycles. The molecule has 0 amide bonds. The Morgan fingerprint density at radius 3 is 2.47 bits per heavy atom. The summed E-state index contributed by atoms with van der Waals surface area (Å²) < 4.78 is 4.97. The van der Waals surface area contributed by atoms with Crippen molar-refractivity contribution in [1.82, 2.24) is 5.32 Å². The van der Waals surface area contributed by atoms with Gasteiger partial charge < -0.3 is 15.8 Å². The van der Waals surface area contributed by atoms with Crippen LogP contribution in [0.4, 0.5) is 0 Å². The van der Waals surface area contributed by atoms with E-state index < -0.39 is 0 Å². The molecule has 1 unspecified atom stereocenters. The van der Waals surface area contributed by atoms with Crippen LogP contribution in [-0.2, 0) is 4.74 Å². The van der Waals surface area contributed by atoms with Crippen LogP contribution in [-0.4, -0.2) is 33.4 Å². The van der Waals surface area contributed by atoms with Crippen molar-refractivity contribution >= 4 is 0 Å². The molecular weight excluding hydrogens is 188 g/mol. The molecule has 0 fully saturated rings. The smallest absolute Gasteiger partial charge is 0.0587 e. The molecule has 0 rings (SSSR count). The summed E-state index contributed by atoms with van der Waals surface area (Å²) in [4.78, 5) is 0. The summed E-state index contributed by atoms with van der Waals surface area (Å²) in [6.07, 6.45) is 3.69. The van der Waals surface area contributed by atoms with E-state index in [1.165, 1.54) is 12.8 Å². The molecule has 3 nitrogen and oxygen atoms in total. The maximum atomic E-state index is 5.61. The van der Waals surface area contributed by atoms with Crippen molar-refractivity contribution in [3.05, 3.63) is 0 Å². The van der Waals surface area contributed by atoms with Gasteiger partial charge in [-0.05, 0) is 44.2 Å². The average molecular weight is 216 g/mol. The van der Waals surface area contributed by atoms with Gasteiger partial charge >= 0.3 is 0 Å². The van der Waals surface area contributed by atoms with Gasteiger partial charge in [0.15, 0.2) is 0 Å². The van der Waals surface area contributed by atoms with E-state index in [9.17, 15) is 0 Å². The normalized spacial score (nSPS) is 13.4. The summed E-state index contributed by atoms with van der Waals surface area (Å²) in [6, 6.07) is 0. The first-order valence-corrected chi connectivity index (χ1v) is 6.12. The fourth-order valence-electron chi connectivity index (χ4n) is 1.81. The summed E-state index contributed by atoms with van der Waals surface area (Å²) in [6.45, 7) is 8.25. The van der Waals surface area contributed by atoms with E-state index >= 15 is 0 Å². The van der Waals surface area contributed by atoms with Gasteiger partial charge in [-0.2, -0.15) is 0 Å². The van der Waals surface area contributed by atoms with Crippen molar-refractivity contribution in [1.29, 1.82) is 0 Å². The predicted octanol–water partition coefficient (Wildman–Crippen LogP) is 1.62. The van der Waals surface area contributed by atoms with Crippen molar-refractivity contribution in [2.45, 2.75) is 33.1 Å². The average Bonchev–Trinajstić information content (AvgIpc) is 2.21. The summed E-state index contributed by atoms with van der Waals surface area (Å²) in [5.74, 6) is 1.55. The first-order valence-electron chi connectivity index (χ1n) is 6.12. The highest BCUT2D eigenvalue weighted by Gasteiger charge is 2.11. The van der Waals surface area contributed by atoms with Crippen LogP contribution in [0.5, 0.6) is 0 Å². The van der Waals surface area contributed by atoms with Crippen molar-refractivity contribution in [3.63, 3.8) is 0 Å². The maximum absolute atomic E-state index is 5.61. The number of hydrogen-bond acceptors (Lipinski definition) is 3. The second-order valence-corrected chi connectivity index (χ2v) is 4.47. The van der Waals surface area contributed by atoms with E-state index in [4.69, 9.17) is 10.5 Å². The Morgan fingerprint density at radius 2 is 1.93 bits per heavy atom. The third-order valence-corrected chi connectivity index (χ3v) is 2.89. The Labute approximate surface area is 94.8 Å². The third kappa shape index (κ3) is 8.85. The molecule has 15 heavy (non-hydrogen) atoms. The van der Waals surface area contributed by atoms with Crippen molar-refractivity contribution in [2.24, 2.45) is 17.6 Å². The molecule has 0 aliphatic carbocycles. The fourth-order valence-corrected chi connectivity index (χ4v) is 1.81. The molecule has 0 aromatic carbocycles. The summed E-state index contributed by atoms with van der Waals surface area (Å²) in [5, 5.41) is 3.37. The lowest BCUT2D eigenvalue weighted by molar-refractivity contribution is 0.199. The van der Waals surface area contributed by atoms with E-state index in [1.807, 2.05) is 0 Å². The Hall–Kier alpha value is -0.120. The second-order valence-electron chi connectivity index (χ2n) is 4.47. The van der Waals surface area contributed by atoms with Gasteiger partial charge in [-0.15, -0.1) is 0 Å². The lowest BCUT2D eigenvalue weighted by atomic mass is 9.88. The first-order chi connectivity index (χ1) is 7.22. The van der Waals surface area contributed by atoms with E-state index in [2.05, 4.69) is 19.2 Å². The summed E-state index contributed by atoms with van der Waals surface area (Å²) in [7, 11) is 1.73. The second kappa shape index (κ2) is 10.4. The van der Waals surface area contributed by atoms with Crippen LogP contribution < -0.4 is 11.1 Å². The number of nitrogens with one attached hydrogen (secondary N) is 1. The minimum atomic E-state index is 0.757. The SMILES string of the molecule is COCCNCCCC(CCN)C(C)C. The minimum absolute atomic E-state index is 0.757. The molecule has 1 atom stereocenters. The summed E-state index contributed by atoms with van der Waals surface area (Å²) >= 11 is 0. The highest BCUT2D eigenvalue weighted by molar-refractivity contribution is 4.64. The zero-order valence-corrected chi connectivity index (χ0v) is 10.6. The molecule has 0 aromatic rings. The Balaban J connectivity index is 3.37. The quantitative estimate of drug-likeness (QED) is 0.546. The van der Waals surface area contributed by atoms with Gasteiger partial charge in [0.1, 0.15) is 0 Å². The van der Waals surface area contributed by atoms with Crippen LogP contribution in [0.25, 0.3) is 0 Å². The Kier molecular flexibility index (Phi) is 10.3. The van der Waals surface area contributed by atoms with Crippen LogP contribution >= 0.6 is 0 Å². The molecule has 0 heterocycles. The number of nitrogens with two attached hydrogens (primary N) is 1. The highest BCUT2D eigenvalue weighted by Crippen LogP contribution is 2.19. The largest absolute Gasteiger partial charge is 0.383 e. The maximum Gasteiger partial charge on any atom is 0.0587 e. The summed E-state index contributed by atoms with van der Waals surface area (Å²) in [5.41, 5.74) is 5.61. The predicted molar refractivity (Wildman–Crippen MR) is 66.0 cm³/mol. The van der Waals surface area contributed by atoms with E-state index in [-0.39, 0.29) is 0 Å². The topological polar surface area (TPSA) is 47.3 Å². The monoisotopic (exact) mass is 216 g/mol. The molecule has 0 spiro atoms. The van der Waals surface area contributed by atoms with Gasteiger partial charge in [0.2, 0.25) is 0 Å². The van der Waals surface area contributed by atoms with Crippen molar-refractivity contribution in [2.75, 3.05) is 33.4 Å². The van der Waals surface area contributed by atoms with Crippen LogP contribution in [0.2, 0.25) is 0 Å². The molecule has 0 bridgehead atoms. The van der Waals surface area contributed by atoms with Crippen LogP contribution in [0.1, 0.15) is 33.1 Å². The molecule has 3 heteroatoms. The lowest BCUT2D eigenvalue weighted by Gasteiger charge is -2.19. The lowest BCUT2D eigenvalue weighted by Crippen LogP contribution is -2.22. The molecule has 0 radical (unpaired) electrons. The standard InChI is InChI=1S/C12H28N2O/c1-11(2)12(6-7-13)5-4-8-14-9-10-15-3/h11-12,14H,4-10,13H2,1-3H3. The van der Waals surface area contributed by atoms with Crippen LogP contribution in [0.3, 0.4) is 0 Å². The van der Waals surface area contributed by atoms with Crippen LogP contribution in [0, 0.1) is 11.8 Å². The van der Waals surface area contributed by atoms with Gasteiger partial charge in [-0.25, -0.2) is 0 Å². The number of hydrogen-bond donors (Lipinski definition) is 2. The van der Waals surface area contributed by atoms with Gasteiger partial charge in [-0.3, -0.25) is 0 Å². The zero-order valence-electron chi connectivity index (χ0n) is 10.6. The molecule has 92 valence electrons. The molecule has 0 saturated heterocycles. The number of methoxy groups -OCH3 is 1. The van der Waals surface area contributed by atoms with Gasteiger partial charge in [-0.1, -0.05) is 13.8 Å². The van der Waals surface area contributed by atoms with Gasteiger partial charge in [0.25, 0.3) is 0 Å². The van der Waals surface area contributed by atoms with E-state index in [1.54, 1.807) is 7.11 Å². The first kappa shape index (κ1) is 14.9.